The minimum atomic E-state index is -0.415. The molecule has 0 radical (unpaired) electrons. The van der Waals surface area contributed by atoms with Gasteiger partial charge in [0.25, 0.3) is 0 Å². The van der Waals surface area contributed by atoms with Gasteiger partial charge in [-0.15, -0.1) is 0 Å². The Morgan fingerprint density at radius 2 is 1.79 bits per heavy atom. The molecule has 5 heteroatoms. The summed E-state index contributed by atoms with van der Waals surface area (Å²) in [4.78, 5) is 11.7. The zero-order valence-corrected chi connectivity index (χ0v) is 11.8. The Bertz CT molecular complexity index is 616. The number of anilines is 2. The molecule has 3 nitrogen and oxygen atoms in total. The SMILES string of the molecule is Cc1ccc(NC(=O)Nc2cccc(Br)c2)cc1F. The molecule has 0 aliphatic rings. The number of carbonyl (C=O) groups is 1. The van der Waals surface area contributed by atoms with Gasteiger partial charge in [-0.25, -0.2) is 9.18 Å². The summed E-state index contributed by atoms with van der Waals surface area (Å²) >= 11 is 3.32. The number of rotatable bonds is 2. The van der Waals surface area contributed by atoms with Crippen molar-refractivity contribution in [2.45, 2.75) is 6.92 Å². The first-order chi connectivity index (χ1) is 9.04. The van der Waals surface area contributed by atoms with Gasteiger partial charge < -0.3 is 10.6 Å². The normalized spacial score (nSPS) is 10.1. The number of amides is 2. The maximum Gasteiger partial charge on any atom is 0.323 e. The van der Waals surface area contributed by atoms with Crippen LogP contribution in [-0.4, -0.2) is 6.03 Å². The minimum Gasteiger partial charge on any atom is -0.308 e. The quantitative estimate of drug-likeness (QED) is 0.837. The van der Waals surface area contributed by atoms with Gasteiger partial charge in [-0.05, 0) is 42.8 Å². The molecule has 0 bridgehead atoms. The molecule has 0 unspecified atom stereocenters. The highest BCUT2D eigenvalue weighted by Crippen LogP contribution is 2.17. The number of hydrogen-bond donors (Lipinski definition) is 2. The zero-order chi connectivity index (χ0) is 13.8. The van der Waals surface area contributed by atoms with Gasteiger partial charge in [0.05, 0.1) is 0 Å². The number of halogens is 2. The van der Waals surface area contributed by atoms with Gasteiger partial charge in [0.2, 0.25) is 0 Å². The second-order valence-corrected chi connectivity index (χ2v) is 4.97. The van der Waals surface area contributed by atoms with Gasteiger partial charge in [0.1, 0.15) is 5.82 Å². The fourth-order valence-electron chi connectivity index (χ4n) is 1.53. The van der Waals surface area contributed by atoms with E-state index in [1.54, 1.807) is 31.2 Å². The number of carbonyl (C=O) groups excluding carboxylic acids is 1. The van der Waals surface area contributed by atoms with Crippen molar-refractivity contribution < 1.29 is 9.18 Å². The van der Waals surface area contributed by atoms with Crippen LogP contribution in [-0.2, 0) is 0 Å². The summed E-state index contributed by atoms with van der Waals surface area (Å²) in [5, 5.41) is 5.24. The van der Waals surface area contributed by atoms with Crippen LogP contribution in [0.5, 0.6) is 0 Å². The summed E-state index contributed by atoms with van der Waals surface area (Å²) < 4.78 is 14.2. The van der Waals surface area contributed by atoms with Crippen molar-refractivity contribution in [2.24, 2.45) is 0 Å². The van der Waals surface area contributed by atoms with Crippen LogP contribution in [0.2, 0.25) is 0 Å². The molecule has 2 rings (SSSR count). The molecule has 0 saturated heterocycles. The predicted octanol–water partition coefficient (Wildman–Crippen LogP) is 4.54. The van der Waals surface area contributed by atoms with Crippen LogP contribution in [0.15, 0.2) is 46.9 Å². The van der Waals surface area contributed by atoms with E-state index in [-0.39, 0.29) is 5.82 Å². The third-order valence-corrected chi connectivity index (χ3v) is 3.01. The minimum absolute atomic E-state index is 0.347. The van der Waals surface area contributed by atoms with E-state index in [1.165, 1.54) is 6.07 Å². The monoisotopic (exact) mass is 322 g/mol. The van der Waals surface area contributed by atoms with Crippen LogP contribution < -0.4 is 10.6 Å². The van der Waals surface area contributed by atoms with E-state index >= 15 is 0 Å². The van der Waals surface area contributed by atoms with Crippen LogP contribution >= 0.6 is 15.9 Å². The van der Waals surface area contributed by atoms with E-state index in [1.807, 2.05) is 12.1 Å². The second-order valence-electron chi connectivity index (χ2n) is 4.05. The van der Waals surface area contributed by atoms with Gasteiger partial charge in [-0.1, -0.05) is 28.1 Å². The number of hydrogen-bond acceptors (Lipinski definition) is 1. The Labute approximate surface area is 119 Å². The van der Waals surface area contributed by atoms with Crippen molar-refractivity contribution in [3.8, 4) is 0 Å². The molecule has 0 atom stereocenters. The molecule has 0 heterocycles. The molecule has 0 aliphatic heterocycles. The van der Waals surface area contributed by atoms with Gasteiger partial charge in [0.15, 0.2) is 0 Å². The van der Waals surface area contributed by atoms with Crippen LogP contribution in [0.25, 0.3) is 0 Å². The smallest absolute Gasteiger partial charge is 0.308 e. The van der Waals surface area contributed by atoms with E-state index in [9.17, 15) is 9.18 Å². The number of urea groups is 1. The zero-order valence-electron chi connectivity index (χ0n) is 10.2. The number of aryl methyl sites for hydroxylation is 1. The lowest BCUT2D eigenvalue weighted by Gasteiger charge is -2.08. The molecule has 2 N–H and O–H groups in total. The molecule has 2 amide bonds. The standard InChI is InChI=1S/C14H12BrFN2O/c1-9-5-6-12(8-13(9)16)18-14(19)17-11-4-2-3-10(15)7-11/h2-8H,1H3,(H2,17,18,19). The van der Waals surface area contributed by atoms with Crippen molar-refractivity contribution in [3.05, 3.63) is 58.3 Å². The Kier molecular flexibility index (Phi) is 4.16. The molecule has 98 valence electrons. The Morgan fingerprint density at radius 1 is 1.11 bits per heavy atom. The summed E-state index contributed by atoms with van der Waals surface area (Å²) in [6, 6.07) is 11.3. The third-order valence-electron chi connectivity index (χ3n) is 2.51. The lowest BCUT2D eigenvalue weighted by atomic mass is 10.2. The first-order valence-electron chi connectivity index (χ1n) is 5.64. The van der Waals surface area contributed by atoms with Gasteiger partial charge in [0, 0.05) is 15.8 Å². The molecule has 2 aromatic carbocycles. The van der Waals surface area contributed by atoms with Crippen LogP contribution in [0.3, 0.4) is 0 Å². The summed E-state index contributed by atoms with van der Waals surface area (Å²) in [6.07, 6.45) is 0. The topological polar surface area (TPSA) is 41.1 Å². The van der Waals surface area contributed by atoms with Crippen molar-refractivity contribution in [2.75, 3.05) is 10.6 Å². The van der Waals surface area contributed by atoms with Gasteiger partial charge in [-0.2, -0.15) is 0 Å². The van der Waals surface area contributed by atoms with Crippen molar-refractivity contribution in [1.82, 2.24) is 0 Å². The first kappa shape index (κ1) is 13.5. The predicted molar refractivity (Wildman–Crippen MR) is 77.9 cm³/mol. The molecule has 2 aromatic rings. The molecule has 0 aliphatic carbocycles. The number of benzene rings is 2. The van der Waals surface area contributed by atoms with E-state index < -0.39 is 6.03 Å². The summed E-state index contributed by atoms with van der Waals surface area (Å²) in [5.74, 6) is -0.347. The lowest BCUT2D eigenvalue weighted by molar-refractivity contribution is 0.262. The molecule has 0 aromatic heterocycles. The fraction of sp³-hybridized carbons (Fsp3) is 0.0714. The highest BCUT2D eigenvalue weighted by atomic mass is 79.9. The molecule has 0 spiro atoms. The molecule has 0 saturated carbocycles. The summed E-state index contributed by atoms with van der Waals surface area (Å²) in [5.41, 5.74) is 1.60. The third kappa shape index (κ3) is 3.79. The maximum atomic E-state index is 13.3. The van der Waals surface area contributed by atoms with E-state index in [4.69, 9.17) is 0 Å². The van der Waals surface area contributed by atoms with E-state index in [0.29, 0.717) is 16.9 Å². The molecular weight excluding hydrogens is 311 g/mol. The number of nitrogens with one attached hydrogen (secondary N) is 2. The van der Waals surface area contributed by atoms with E-state index in [0.717, 1.165) is 4.47 Å². The van der Waals surface area contributed by atoms with Crippen LogP contribution in [0, 0.1) is 12.7 Å². The fourth-order valence-corrected chi connectivity index (χ4v) is 1.93. The lowest BCUT2D eigenvalue weighted by Crippen LogP contribution is -2.19. The summed E-state index contributed by atoms with van der Waals surface area (Å²) in [7, 11) is 0. The average Bonchev–Trinajstić information content (AvgIpc) is 2.34. The first-order valence-corrected chi connectivity index (χ1v) is 6.43. The highest BCUT2D eigenvalue weighted by Gasteiger charge is 2.05. The molecule has 19 heavy (non-hydrogen) atoms. The van der Waals surface area contributed by atoms with Crippen LogP contribution in [0.1, 0.15) is 5.56 Å². The van der Waals surface area contributed by atoms with Crippen molar-refractivity contribution >= 4 is 33.3 Å². The second kappa shape index (κ2) is 5.84. The largest absolute Gasteiger partial charge is 0.323 e. The molecule has 0 fully saturated rings. The van der Waals surface area contributed by atoms with Gasteiger partial charge >= 0.3 is 6.03 Å². The van der Waals surface area contributed by atoms with Crippen molar-refractivity contribution in [3.63, 3.8) is 0 Å². The maximum absolute atomic E-state index is 13.3. The Hall–Kier alpha value is -1.88. The van der Waals surface area contributed by atoms with E-state index in [2.05, 4.69) is 26.6 Å². The molecular formula is C14H12BrFN2O. The summed E-state index contributed by atoms with van der Waals surface area (Å²) in [6.45, 7) is 1.67. The van der Waals surface area contributed by atoms with Gasteiger partial charge in [-0.3, -0.25) is 0 Å². The average molecular weight is 323 g/mol. The van der Waals surface area contributed by atoms with Crippen molar-refractivity contribution in [1.29, 1.82) is 0 Å². The highest BCUT2D eigenvalue weighted by molar-refractivity contribution is 9.10. The van der Waals surface area contributed by atoms with Crippen LogP contribution in [0.4, 0.5) is 20.6 Å². The Balaban J connectivity index is 2.03. The Morgan fingerprint density at radius 3 is 2.42 bits per heavy atom.